The second-order valence-electron chi connectivity index (χ2n) is 8.04. The van der Waals surface area contributed by atoms with Gasteiger partial charge in [0.2, 0.25) is 5.91 Å². The highest BCUT2D eigenvalue weighted by molar-refractivity contribution is 5.93. The van der Waals surface area contributed by atoms with Crippen molar-refractivity contribution in [3.8, 4) is 5.75 Å². The van der Waals surface area contributed by atoms with Crippen LogP contribution in [-0.4, -0.2) is 38.8 Å². The number of nitrogens with zero attached hydrogens (tertiary/aromatic N) is 3. The van der Waals surface area contributed by atoms with Crippen LogP contribution in [0, 0.1) is 5.41 Å². The molecule has 1 amide bonds. The first kappa shape index (κ1) is 18.5. The molecule has 0 atom stereocenters. The SMILES string of the molecule is CC(C)(C)C(=O)Nc1ccnn1C1CCN(Cc2ccc(O)cc2)CC1. The molecule has 6 heteroatoms. The molecule has 1 aromatic heterocycles. The Balaban J connectivity index is 1.58. The Morgan fingerprint density at radius 3 is 2.46 bits per heavy atom. The van der Waals surface area contributed by atoms with Crippen LogP contribution in [0.25, 0.3) is 0 Å². The van der Waals surface area contributed by atoms with E-state index in [1.54, 1.807) is 18.3 Å². The summed E-state index contributed by atoms with van der Waals surface area (Å²) in [5.41, 5.74) is 0.779. The van der Waals surface area contributed by atoms with E-state index in [9.17, 15) is 9.90 Å². The second kappa shape index (κ2) is 7.50. The highest BCUT2D eigenvalue weighted by Gasteiger charge is 2.26. The predicted octanol–water partition coefficient (Wildman–Crippen LogP) is 3.41. The molecule has 0 saturated carbocycles. The minimum Gasteiger partial charge on any atom is -0.508 e. The number of piperidine rings is 1. The lowest BCUT2D eigenvalue weighted by atomic mass is 9.96. The number of nitrogens with one attached hydrogen (secondary N) is 1. The molecule has 6 nitrogen and oxygen atoms in total. The predicted molar refractivity (Wildman–Crippen MR) is 102 cm³/mol. The maximum atomic E-state index is 12.3. The fourth-order valence-corrected chi connectivity index (χ4v) is 3.19. The topological polar surface area (TPSA) is 70.4 Å². The van der Waals surface area contributed by atoms with Gasteiger partial charge in [-0.15, -0.1) is 0 Å². The Morgan fingerprint density at radius 2 is 1.85 bits per heavy atom. The first-order chi connectivity index (χ1) is 12.3. The molecule has 0 bridgehead atoms. The van der Waals surface area contributed by atoms with Crippen molar-refractivity contribution < 1.29 is 9.90 Å². The van der Waals surface area contributed by atoms with Gasteiger partial charge in [-0.05, 0) is 30.5 Å². The van der Waals surface area contributed by atoms with Crippen molar-refractivity contribution in [2.24, 2.45) is 5.41 Å². The van der Waals surface area contributed by atoms with Crippen LogP contribution in [-0.2, 0) is 11.3 Å². The third-order valence-corrected chi connectivity index (χ3v) is 4.84. The van der Waals surface area contributed by atoms with E-state index >= 15 is 0 Å². The Labute approximate surface area is 154 Å². The molecule has 0 aliphatic carbocycles. The number of phenols is 1. The molecule has 0 unspecified atom stereocenters. The third kappa shape index (κ3) is 4.43. The van der Waals surface area contributed by atoms with Crippen LogP contribution in [0.3, 0.4) is 0 Å². The van der Waals surface area contributed by atoms with Gasteiger partial charge in [0, 0.05) is 31.1 Å². The number of aromatic hydroxyl groups is 1. The lowest BCUT2D eigenvalue weighted by Gasteiger charge is -2.33. The average Bonchev–Trinajstić information content (AvgIpc) is 3.05. The maximum absolute atomic E-state index is 12.3. The molecule has 3 rings (SSSR count). The molecule has 26 heavy (non-hydrogen) atoms. The van der Waals surface area contributed by atoms with Crippen LogP contribution in [0.2, 0.25) is 0 Å². The van der Waals surface area contributed by atoms with E-state index < -0.39 is 5.41 Å². The van der Waals surface area contributed by atoms with Crippen molar-refractivity contribution in [2.75, 3.05) is 18.4 Å². The summed E-state index contributed by atoms with van der Waals surface area (Å²) in [6.45, 7) is 8.58. The highest BCUT2D eigenvalue weighted by atomic mass is 16.3. The Hall–Kier alpha value is -2.34. The minimum absolute atomic E-state index is 0.00372. The zero-order chi connectivity index (χ0) is 18.7. The molecule has 1 fully saturated rings. The molecule has 1 aliphatic heterocycles. The smallest absolute Gasteiger partial charge is 0.230 e. The summed E-state index contributed by atoms with van der Waals surface area (Å²) in [5, 5.41) is 16.8. The number of amides is 1. The van der Waals surface area contributed by atoms with E-state index in [2.05, 4.69) is 15.3 Å². The number of anilines is 1. The van der Waals surface area contributed by atoms with E-state index in [4.69, 9.17) is 0 Å². The minimum atomic E-state index is -0.428. The number of likely N-dealkylation sites (tertiary alicyclic amines) is 1. The van der Waals surface area contributed by atoms with Crippen molar-refractivity contribution >= 4 is 11.7 Å². The quantitative estimate of drug-likeness (QED) is 0.881. The molecule has 1 saturated heterocycles. The third-order valence-electron chi connectivity index (χ3n) is 4.84. The summed E-state index contributed by atoms with van der Waals surface area (Å²) in [4.78, 5) is 14.7. The van der Waals surface area contributed by atoms with Gasteiger partial charge in [0.05, 0.1) is 12.2 Å². The van der Waals surface area contributed by atoms with Crippen molar-refractivity contribution in [1.82, 2.24) is 14.7 Å². The number of carbonyl (C=O) groups excluding carboxylic acids is 1. The number of rotatable bonds is 4. The molecule has 0 spiro atoms. The molecular formula is C20H28N4O2. The van der Waals surface area contributed by atoms with E-state index in [-0.39, 0.29) is 5.91 Å². The first-order valence-electron chi connectivity index (χ1n) is 9.18. The van der Waals surface area contributed by atoms with Gasteiger partial charge in [0.15, 0.2) is 0 Å². The van der Waals surface area contributed by atoms with Crippen molar-refractivity contribution in [3.05, 3.63) is 42.1 Å². The Kier molecular flexibility index (Phi) is 5.32. The summed E-state index contributed by atoms with van der Waals surface area (Å²) in [7, 11) is 0. The largest absolute Gasteiger partial charge is 0.508 e. The van der Waals surface area contributed by atoms with Gasteiger partial charge in [0.25, 0.3) is 0 Å². The normalized spacial score (nSPS) is 16.6. The van der Waals surface area contributed by atoms with Gasteiger partial charge >= 0.3 is 0 Å². The van der Waals surface area contributed by atoms with Crippen LogP contribution >= 0.6 is 0 Å². The van der Waals surface area contributed by atoms with Crippen LogP contribution < -0.4 is 5.32 Å². The molecular weight excluding hydrogens is 328 g/mol. The fourth-order valence-electron chi connectivity index (χ4n) is 3.19. The number of aromatic nitrogens is 2. The zero-order valence-corrected chi connectivity index (χ0v) is 15.8. The average molecular weight is 356 g/mol. The van der Waals surface area contributed by atoms with Crippen molar-refractivity contribution in [1.29, 1.82) is 0 Å². The number of hydrogen-bond donors (Lipinski definition) is 2. The van der Waals surface area contributed by atoms with Gasteiger partial charge in [-0.1, -0.05) is 32.9 Å². The molecule has 140 valence electrons. The molecule has 1 aromatic carbocycles. The maximum Gasteiger partial charge on any atom is 0.230 e. The van der Waals surface area contributed by atoms with Gasteiger partial charge in [-0.2, -0.15) is 5.10 Å². The summed E-state index contributed by atoms with van der Waals surface area (Å²) < 4.78 is 1.96. The molecule has 1 aliphatic rings. The second-order valence-corrected chi connectivity index (χ2v) is 8.04. The summed E-state index contributed by atoms with van der Waals surface area (Å²) in [6.07, 6.45) is 3.75. The first-order valence-corrected chi connectivity index (χ1v) is 9.18. The van der Waals surface area contributed by atoms with Gasteiger partial charge < -0.3 is 10.4 Å². The van der Waals surface area contributed by atoms with E-state index in [0.29, 0.717) is 11.8 Å². The van der Waals surface area contributed by atoms with E-state index in [1.807, 2.05) is 43.7 Å². The van der Waals surface area contributed by atoms with Gasteiger partial charge in [0.1, 0.15) is 11.6 Å². The lowest BCUT2D eigenvalue weighted by Crippen LogP contribution is -2.35. The summed E-state index contributed by atoms with van der Waals surface area (Å²) >= 11 is 0. The number of hydrogen-bond acceptors (Lipinski definition) is 4. The molecule has 0 radical (unpaired) electrons. The van der Waals surface area contributed by atoms with E-state index in [0.717, 1.165) is 38.3 Å². The van der Waals surface area contributed by atoms with Crippen molar-refractivity contribution in [2.45, 2.75) is 46.2 Å². The Bertz CT molecular complexity index is 738. The number of carbonyl (C=O) groups is 1. The molecule has 2 aromatic rings. The van der Waals surface area contributed by atoms with Crippen LogP contribution in [0.5, 0.6) is 5.75 Å². The lowest BCUT2D eigenvalue weighted by molar-refractivity contribution is -0.123. The number of benzene rings is 1. The van der Waals surface area contributed by atoms with Crippen LogP contribution in [0.1, 0.15) is 45.2 Å². The Morgan fingerprint density at radius 1 is 1.19 bits per heavy atom. The molecule has 2 heterocycles. The zero-order valence-electron chi connectivity index (χ0n) is 15.8. The summed E-state index contributed by atoms with van der Waals surface area (Å²) in [5.74, 6) is 1.09. The van der Waals surface area contributed by atoms with Crippen molar-refractivity contribution in [3.63, 3.8) is 0 Å². The number of phenolic OH excluding ortho intramolecular Hbond substituents is 1. The van der Waals surface area contributed by atoms with E-state index in [1.165, 1.54) is 5.56 Å². The van der Waals surface area contributed by atoms with Crippen LogP contribution in [0.15, 0.2) is 36.5 Å². The highest BCUT2D eigenvalue weighted by Crippen LogP contribution is 2.27. The molecule has 2 N–H and O–H groups in total. The fraction of sp³-hybridized carbons (Fsp3) is 0.500. The van der Waals surface area contributed by atoms with Crippen LogP contribution in [0.4, 0.5) is 5.82 Å². The monoisotopic (exact) mass is 356 g/mol. The standard InChI is InChI=1S/C20H28N4O2/c1-20(2,3)19(26)22-18-8-11-21-24(18)16-9-12-23(13-10-16)14-15-4-6-17(25)7-5-15/h4-8,11,16,25H,9-10,12-14H2,1-3H3,(H,22,26). The van der Waals surface area contributed by atoms with Gasteiger partial charge in [-0.25, -0.2) is 4.68 Å². The van der Waals surface area contributed by atoms with Gasteiger partial charge in [-0.3, -0.25) is 9.69 Å². The summed E-state index contributed by atoms with van der Waals surface area (Å²) in [6, 6.07) is 9.57.